The van der Waals surface area contributed by atoms with Crippen molar-refractivity contribution in [3.63, 3.8) is 0 Å². The lowest BCUT2D eigenvalue weighted by Crippen LogP contribution is -2.12. The minimum Gasteiger partial charge on any atom is -0.494 e. The molecule has 35 heavy (non-hydrogen) atoms. The largest absolute Gasteiger partial charge is 0.494 e. The average Bonchev–Trinajstić information content (AvgIpc) is 3.20. The van der Waals surface area contributed by atoms with Gasteiger partial charge in [-0.1, -0.05) is 44.2 Å². The molecule has 4 aromatic rings. The van der Waals surface area contributed by atoms with Gasteiger partial charge < -0.3 is 14.0 Å². The molecule has 0 N–H and O–H groups in total. The summed E-state index contributed by atoms with van der Waals surface area (Å²) in [7, 11) is 3.02. The van der Waals surface area contributed by atoms with Crippen molar-refractivity contribution in [3.8, 4) is 17.1 Å². The molecule has 0 aliphatic carbocycles. The van der Waals surface area contributed by atoms with E-state index in [1.54, 1.807) is 36.2 Å². The molecule has 0 aliphatic heterocycles. The summed E-state index contributed by atoms with van der Waals surface area (Å²) in [4.78, 5) is 8.62. The highest BCUT2D eigenvalue weighted by Crippen LogP contribution is 2.43. The maximum absolute atomic E-state index is 14.5. The van der Waals surface area contributed by atoms with Crippen molar-refractivity contribution < 1.29 is 22.6 Å². The van der Waals surface area contributed by atoms with Gasteiger partial charge in [-0.25, -0.2) is 4.98 Å². The van der Waals surface area contributed by atoms with Gasteiger partial charge in [0.05, 0.1) is 19.3 Å². The zero-order valence-corrected chi connectivity index (χ0v) is 20.2. The summed E-state index contributed by atoms with van der Waals surface area (Å²) in [5.74, 6) is 1.11. The molecule has 5 nitrogen and oxygen atoms in total. The number of ether oxygens (including phenoxy) is 2. The van der Waals surface area contributed by atoms with Crippen LogP contribution >= 0.6 is 0 Å². The third kappa shape index (κ3) is 5.03. The van der Waals surface area contributed by atoms with Gasteiger partial charge in [0, 0.05) is 31.6 Å². The fraction of sp³-hybridized carbons (Fsp3) is 0.333. The summed E-state index contributed by atoms with van der Waals surface area (Å²) in [6, 6.07) is 12.7. The highest BCUT2D eigenvalue weighted by atomic mass is 19.4. The molecule has 0 saturated carbocycles. The molecule has 0 unspecified atom stereocenters. The lowest BCUT2D eigenvalue weighted by atomic mass is 9.98. The van der Waals surface area contributed by atoms with E-state index in [9.17, 15) is 13.2 Å². The van der Waals surface area contributed by atoms with E-state index < -0.39 is 11.7 Å². The molecule has 0 radical (unpaired) electrons. The van der Waals surface area contributed by atoms with Crippen molar-refractivity contribution in [1.82, 2.24) is 14.5 Å². The van der Waals surface area contributed by atoms with Crippen molar-refractivity contribution in [2.75, 3.05) is 20.8 Å². The van der Waals surface area contributed by atoms with E-state index in [0.29, 0.717) is 41.7 Å². The molecule has 0 saturated heterocycles. The van der Waals surface area contributed by atoms with E-state index in [0.717, 1.165) is 11.1 Å². The smallest absolute Gasteiger partial charge is 0.418 e. The summed E-state index contributed by atoms with van der Waals surface area (Å²) in [5.41, 5.74) is 2.04. The Hall–Kier alpha value is -3.39. The van der Waals surface area contributed by atoms with Crippen molar-refractivity contribution in [1.29, 1.82) is 0 Å². The number of halogens is 3. The van der Waals surface area contributed by atoms with Crippen LogP contribution in [0.5, 0.6) is 5.75 Å². The third-order valence-corrected chi connectivity index (χ3v) is 6.04. The molecule has 0 bridgehead atoms. The Bertz CT molecular complexity index is 1300. The Morgan fingerprint density at radius 1 is 1.06 bits per heavy atom. The summed E-state index contributed by atoms with van der Waals surface area (Å²) in [6.45, 7) is 4.81. The second-order valence-electron chi connectivity index (χ2n) is 8.70. The molecule has 2 aromatic heterocycles. The monoisotopic (exact) mass is 483 g/mol. The zero-order chi connectivity index (χ0) is 25.2. The average molecular weight is 484 g/mol. The lowest BCUT2D eigenvalue weighted by molar-refractivity contribution is -0.136. The summed E-state index contributed by atoms with van der Waals surface area (Å²) < 4.78 is 56.2. The first-order valence-electron chi connectivity index (χ1n) is 11.4. The van der Waals surface area contributed by atoms with Crippen molar-refractivity contribution in [2.24, 2.45) is 0 Å². The van der Waals surface area contributed by atoms with Gasteiger partial charge in [-0.3, -0.25) is 4.98 Å². The van der Waals surface area contributed by atoms with Gasteiger partial charge in [-0.2, -0.15) is 13.2 Å². The summed E-state index contributed by atoms with van der Waals surface area (Å²) in [5, 5.41) is 0. The molecule has 4 rings (SSSR count). The van der Waals surface area contributed by atoms with Crippen LogP contribution in [0.4, 0.5) is 13.2 Å². The molecule has 0 amide bonds. The number of methoxy groups -OCH3 is 2. The highest BCUT2D eigenvalue weighted by molar-refractivity contribution is 5.90. The first kappa shape index (κ1) is 24.7. The summed E-state index contributed by atoms with van der Waals surface area (Å²) in [6.07, 6.45) is -1.40. The topological polar surface area (TPSA) is 49.2 Å². The van der Waals surface area contributed by atoms with E-state index in [1.807, 2.05) is 24.3 Å². The number of hydrogen-bond donors (Lipinski definition) is 0. The predicted molar refractivity (Wildman–Crippen MR) is 130 cm³/mol. The quantitative estimate of drug-likeness (QED) is 0.288. The maximum atomic E-state index is 14.5. The standard InChI is InChI=1S/C27H28F3N3O2/c1-17(2)19-7-9-20(10-8-19)26-32-24-23(27(28,29)30)21(14-18-6-5-11-31-16-18)15-22(35-4)25(24)33(26)12-13-34-3/h5-11,15-17H,12-14H2,1-4H3. The highest BCUT2D eigenvalue weighted by Gasteiger charge is 2.38. The van der Waals surface area contributed by atoms with E-state index in [4.69, 9.17) is 9.47 Å². The minimum absolute atomic E-state index is 0.0539. The molecule has 0 atom stereocenters. The molecule has 0 fully saturated rings. The number of alkyl halides is 3. The van der Waals surface area contributed by atoms with Gasteiger partial charge in [0.2, 0.25) is 0 Å². The van der Waals surface area contributed by atoms with Crippen molar-refractivity contribution in [3.05, 3.63) is 77.1 Å². The number of fused-ring (bicyclic) bond motifs is 1. The van der Waals surface area contributed by atoms with Gasteiger partial charge in [-0.15, -0.1) is 0 Å². The fourth-order valence-electron chi connectivity index (χ4n) is 4.30. The molecule has 0 spiro atoms. The van der Waals surface area contributed by atoms with Crippen LogP contribution in [0.25, 0.3) is 22.4 Å². The third-order valence-electron chi connectivity index (χ3n) is 6.04. The first-order chi connectivity index (χ1) is 16.7. The number of imidazole rings is 1. The normalized spacial score (nSPS) is 12.0. The molecule has 8 heteroatoms. The number of rotatable bonds is 8. The van der Waals surface area contributed by atoms with E-state index in [-0.39, 0.29) is 17.5 Å². The predicted octanol–water partition coefficient (Wildman–Crippen LogP) is 6.49. The van der Waals surface area contributed by atoms with Gasteiger partial charge in [0.1, 0.15) is 22.6 Å². The SMILES string of the molecule is COCCn1c(-c2ccc(C(C)C)cc2)nc2c(C(F)(F)F)c(Cc3cccnc3)cc(OC)c21. The molecular formula is C27H28F3N3O2. The van der Waals surface area contributed by atoms with Crippen molar-refractivity contribution in [2.45, 2.75) is 38.9 Å². The van der Waals surface area contributed by atoms with E-state index in [2.05, 4.69) is 23.8 Å². The van der Waals surface area contributed by atoms with Gasteiger partial charge in [-0.05, 0) is 41.2 Å². The minimum atomic E-state index is -4.61. The maximum Gasteiger partial charge on any atom is 0.418 e. The van der Waals surface area contributed by atoms with Crippen LogP contribution in [0, 0.1) is 0 Å². The van der Waals surface area contributed by atoms with Crippen LogP contribution in [0.1, 0.15) is 42.0 Å². The van der Waals surface area contributed by atoms with Crippen LogP contribution in [0.2, 0.25) is 0 Å². The van der Waals surface area contributed by atoms with Gasteiger partial charge >= 0.3 is 6.18 Å². The van der Waals surface area contributed by atoms with E-state index >= 15 is 0 Å². The molecule has 184 valence electrons. The number of nitrogens with zero attached hydrogens (tertiary/aromatic N) is 3. The second-order valence-corrected chi connectivity index (χ2v) is 8.70. The second kappa shape index (κ2) is 10.1. The Morgan fingerprint density at radius 3 is 2.37 bits per heavy atom. The zero-order valence-electron chi connectivity index (χ0n) is 20.2. The number of hydrogen-bond acceptors (Lipinski definition) is 4. The summed E-state index contributed by atoms with van der Waals surface area (Å²) >= 11 is 0. The number of aromatic nitrogens is 3. The van der Waals surface area contributed by atoms with Crippen molar-refractivity contribution >= 4 is 11.0 Å². The fourth-order valence-corrected chi connectivity index (χ4v) is 4.30. The van der Waals surface area contributed by atoms with Crippen LogP contribution in [-0.4, -0.2) is 35.4 Å². The number of benzene rings is 2. The van der Waals surface area contributed by atoms with Crippen LogP contribution in [0.3, 0.4) is 0 Å². The van der Waals surface area contributed by atoms with E-state index in [1.165, 1.54) is 13.2 Å². The first-order valence-corrected chi connectivity index (χ1v) is 11.4. The Balaban J connectivity index is 2.00. The molecule has 2 heterocycles. The van der Waals surface area contributed by atoms with Crippen LogP contribution < -0.4 is 4.74 Å². The van der Waals surface area contributed by atoms with Crippen LogP contribution in [0.15, 0.2) is 54.9 Å². The molecule has 0 aliphatic rings. The Labute approximate surface area is 202 Å². The lowest BCUT2D eigenvalue weighted by Gasteiger charge is -2.17. The Morgan fingerprint density at radius 2 is 1.80 bits per heavy atom. The van der Waals surface area contributed by atoms with Crippen LogP contribution in [-0.2, 0) is 23.9 Å². The number of pyridine rings is 1. The van der Waals surface area contributed by atoms with Gasteiger partial charge in [0.25, 0.3) is 0 Å². The van der Waals surface area contributed by atoms with Gasteiger partial charge in [0.15, 0.2) is 0 Å². The Kier molecular flexibility index (Phi) is 7.12. The molecule has 2 aromatic carbocycles. The molecular weight excluding hydrogens is 455 g/mol.